The molecule has 0 unspecified atom stereocenters. The molecule has 11 nitrogen and oxygen atoms in total. The van der Waals surface area contributed by atoms with Crippen LogP contribution in [0.5, 0.6) is 0 Å². The van der Waals surface area contributed by atoms with Gasteiger partial charge in [-0.1, -0.05) is 0 Å². The van der Waals surface area contributed by atoms with Gasteiger partial charge in [-0.15, -0.1) is 5.10 Å². The number of benzene rings is 1. The number of amidine groups is 1. The van der Waals surface area contributed by atoms with E-state index in [-0.39, 0.29) is 10.7 Å². The molecule has 0 aliphatic carbocycles. The average molecular weight is 467 g/mol. The predicted molar refractivity (Wildman–Crippen MR) is 117 cm³/mol. The van der Waals surface area contributed by atoms with Crippen LogP contribution in [0.3, 0.4) is 0 Å². The quantitative estimate of drug-likeness (QED) is 0.198. The maximum Gasteiger partial charge on any atom is 0.425 e. The lowest BCUT2D eigenvalue weighted by Crippen LogP contribution is -2.41. The maximum absolute atomic E-state index is 12.9. The minimum absolute atomic E-state index is 0.115. The van der Waals surface area contributed by atoms with Crippen molar-refractivity contribution >= 4 is 22.0 Å². The van der Waals surface area contributed by atoms with Crippen LogP contribution in [0.25, 0.3) is 0 Å². The molecule has 1 aromatic rings. The van der Waals surface area contributed by atoms with Crippen LogP contribution in [0.4, 0.5) is 4.79 Å². The molecule has 1 saturated heterocycles. The number of nitrogens with two attached hydrogens (primary N) is 2. The van der Waals surface area contributed by atoms with Gasteiger partial charge in [0, 0.05) is 18.8 Å². The first-order valence-corrected chi connectivity index (χ1v) is 11.5. The van der Waals surface area contributed by atoms with E-state index in [1.54, 1.807) is 26.8 Å². The lowest BCUT2D eigenvalue weighted by atomic mass is 10.0. The van der Waals surface area contributed by atoms with Gasteiger partial charge in [-0.05, 0) is 63.8 Å². The topological polar surface area (TPSA) is 164 Å². The summed E-state index contributed by atoms with van der Waals surface area (Å²) in [5.74, 6) is 6.41. The molecule has 0 saturated carbocycles. The third-order valence-corrected chi connectivity index (χ3v) is 6.30. The highest BCUT2D eigenvalue weighted by molar-refractivity contribution is 7.89. The van der Waals surface area contributed by atoms with Crippen molar-refractivity contribution in [1.82, 2.24) is 9.42 Å². The largest absolute Gasteiger partial charge is 0.443 e. The maximum atomic E-state index is 12.9. The monoisotopic (exact) mass is 466 g/mol. The zero-order valence-electron chi connectivity index (χ0n) is 18.5. The van der Waals surface area contributed by atoms with Gasteiger partial charge in [0.05, 0.1) is 17.5 Å². The van der Waals surface area contributed by atoms with Crippen molar-refractivity contribution in [3.05, 3.63) is 29.8 Å². The lowest BCUT2D eigenvalue weighted by molar-refractivity contribution is 0.0405. The number of nitrogens with zero attached hydrogens (tertiary/aromatic N) is 4. The van der Waals surface area contributed by atoms with Gasteiger partial charge >= 0.3 is 6.09 Å². The molecule has 1 aliphatic heterocycles. The fourth-order valence-corrected chi connectivity index (χ4v) is 4.18. The first-order valence-electron chi connectivity index (χ1n) is 10.1. The van der Waals surface area contributed by atoms with Crippen LogP contribution in [0.2, 0.25) is 0 Å². The number of ether oxygens (including phenoxy) is 2. The summed E-state index contributed by atoms with van der Waals surface area (Å²) in [6.45, 7) is 6.03. The summed E-state index contributed by atoms with van der Waals surface area (Å²) in [6.07, 6.45) is 0.662. The molecule has 176 valence electrons. The summed E-state index contributed by atoms with van der Waals surface area (Å²) >= 11 is 0. The molecule has 2 rings (SSSR count). The summed E-state index contributed by atoms with van der Waals surface area (Å²) in [7, 11) is -4.31. The Kier molecular flexibility index (Phi) is 8.43. The highest BCUT2D eigenvalue weighted by Gasteiger charge is 2.33. The number of amides is 1. The highest BCUT2D eigenvalue weighted by Crippen LogP contribution is 2.20. The second-order valence-electron chi connectivity index (χ2n) is 8.34. The average Bonchev–Trinajstić information content (AvgIpc) is 2.71. The Morgan fingerprint density at radius 3 is 2.41 bits per heavy atom. The minimum Gasteiger partial charge on any atom is -0.443 e. The van der Waals surface area contributed by atoms with Crippen molar-refractivity contribution in [3.8, 4) is 6.07 Å². The number of hydrazone groups is 1. The molecule has 1 fully saturated rings. The van der Waals surface area contributed by atoms with Gasteiger partial charge < -0.3 is 15.2 Å². The Labute approximate surface area is 188 Å². The normalized spacial score (nSPS) is 15.7. The number of carbonyl (C=O) groups is 1. The number of sulfonamides is 1. The summed E-state index contributed by atoms with van der Waals surface area (Å²) < 4.78 is 36.6. The Morgan fingerprint density at radius 2 is 1.88 bits per heavy atom. The number of carbonyl (C=O) groups excluding carboxylic acids is 1. The van der Waals surface area contributed by atoms with Gasteiger partial charge in [-0.2, -0.15) is 9.57 Å². The predicted octanol–water partition coefficient (Wildman–Crippen LogP) is 1.36. The molecule has 0 aromatic heterocycles. The summed E-state index contributed by atoms with van der Waals surface area (Å²) in [6, 6.07) is 7.14. The molecule has 0 atom stereocenters. The second-order valence-corrected chi connectivity index (χ2v) is 10.2. The fourth-order valence-electron chi connectivity index (χ4n) is 2.98. The zero-order valence-corrected chi connectivity index (χ0v) is 19.3. The van der Waals surface area contributed by atoms with E-state index in [4.69, 9.17) is 26.3 Å². The van der Waals surface area contributed by atoms with Crippen LogP contribution < -0.4 is 11.6 Å². The van der Waals surface area contributed by atoms with Crippen LogP contribution in [0, 0.1) is 17.2 Å². The number of rotatable bonds is 7. The standard InChI is InChI=1S/C20H30N6O5S/c1-20(2,3)31-19(27)25(11-10-21)32(28,29)17-6-4-16(5-7-17)18(22)24-26(23)14-15-8-12-30-13-9-15/h4-7,15H,8-9,11-14,23H2,1-3H3,(H2,22,24). The van der Waals surface area contributed by atoms with Gasteiger partial charge in [0.15, 0.2) is 5.84 Å². The van der Waals surface area contributed by atoms with E-state index in [1.807, 2.05) is 0 Å². The molecule has 12 heteroatoms. The molecular weight excluding hydrogens is 436 g/mol. The van der Waals surface area contributed by atoms with Gasteiger partial charge in [0.2, 0.25) is 0 Å². The molecule has 32 heavy (non-hydrogen) atoms. The third kappa shape index (κ3) is 7.08. The zero-order chi connectivity index (χ0) is 23.9. The Hall–Kier alpha value is -2.88. The molecule has 1 heterocycles. The Morgan fingerprint density at radius 1 is 1.28 bits per heavy atom. The van der Waals surface area contributed by atoms with E-state index >= 15 is 0 Å². The molecular formula is C20H30N6O5S. The first-order chi connectivity index (χ1) is 14.9. The SMILES string of the molecule is CC(C)(C)OC(=O)N(CC#N)S(=O)(=O)c1ccc(/C(N)=N/N(N)CC2CCOCC2)cc1. The van der Waals surface area contributed by atoms with Crippen molar-refractivity contribution in [3.63, 3.8) is 0 Å². The number of hydrogen-bond donors (Lipinski definition) is 2. The van der Waals surface area contributed by atoms with Crippen molar-refractivity contribution in [2.75, 3.05) is 26.3 Å². The van der Waals surface area contributed by atoms with Crippen molar-refractivity contribution < 1.29 is 22.7 Å². The molecule has 0 bridgehead atoms. The van der Waals surface area contributed by atoms with Crippen LogP contribution in [-0.4, -0.2) is 61.7 Å². The third-order valence-electron chi connectivity index (χ3n) is 4.57. The number of hydrazine groups is 1. The molecule has 1 aliphatic rings. The fraction of sp³-hybridized carbons (Fsp3) is 0.550. The van der Waals surface area contributed by atoms with Crippen LogP contribution in [0.15, 0.2) is 34.3 Å². The molecule has 4 N–H and O–H groups in total. The molecule has 1 amide bonds. The molecule has 0 radical (unpaired) electrons. The molecule has 0 spiro atoms. The van der Waals surface area contributed by atoms with E-state index in [9.17, 15) is 13.2 Å². The first kappa shape index (κ1) is 25.4. The minimum atomic E-state index is -4.31. The van der Waals surface area contributed by atoms with Gasteiger partial charge in [-0.25, -0.2) is 24.2 Å². The highest BCUT2D eigenvalue weighted by atomic mass is 32.2. The van der Waals surface area contributed by atoms with Gasteiger partial charge in [0.25, 0.3) is 10.0 Å². The van der Waals surface area contributed by atoms with Crippen molar-refractivity contribution in [1.29, 1.82) is 5.26 Å². The van der Waals surface area contributed by atoms with Crippen LogP contribution in [-0.2, 0) is 19.5 Å². The van der Waals surface area contributed by atoms with Crippen LogP contribution in [0.1, 0.15) is 39.2 Å². The smallest absolute Gasteiger partial charge is 0.425 e. The summed E-state index contributed by atoms with van der Waals surface area (Å²) in [5, 5.41) is 14.4. The Bertz CT molecular complexity index is 960. The number of nitriles is 1. The van der Waals surface area contributed by atoms with Crippen molar-refractivity contribution in [2.45, 2.75) is 44.1 Å². The lowest BCUT2D eigenvalue weighted by Gasteiger charge is -2.25. The Balaban J connectivity index is 2.16. The van der Waals surface area contributed by atoms with E-state index in [0.29, 0.717) is 35.5 Å². The summed E-state index contributed by atoms with van der Waals surface area (Å²) in [5.41, 5.74) is 5.54. The number of hydrogen-bond acceptors (Lipinski definition) is 9. The van der Waals surface area contributed by atoms with Crippen molar-refractivity contribution in [2.24, 2.45) is 22.6 Å². The van der Waals surface area contributed by atoms with Gasteiger partial charge in [-0.3, -0.25) is 0 Å². The van der Waals surface area contributed by atoms with E-state index in [1.165, 1.54) is 29.4 Å². The van der Waals surface area contributed by atoms with Crippen LogP contribution >= 0.6 is 0 Å². The summed E-state index contributed by atoms with van der Waals surface area (Å²) in [4.78, 5) is 12.1. The van der Waals surface area contributed by atoms with E-state index in [0.717, 1.165) is 12.8 Å². The van der Waals surface area contributed by atoms with Gasteiger partial charge in [0.1, 0.15) is 12.1 Å². The van der Waals surface area contributed by atoms with E-state index < -0.39 is 28.3 Å². The van der Waals surface area contributed by atoms with E-state index in [2.05, 4.69) is 5.10 Å². The second kappa shape index (κ2) is 10.6. The molecule has 1 aromatic carbocycles.